The molecule has 3 aromatic rings. The highest BCUT2D eigenvalue weighted by Gasteiger charge is 2.17. The number of fused-ring (bicyclic) bond motifs is 1. The smallest absolute Gasteiger partial charge is 0.207 e. The van der Waals surface area contributed by atoms with Gasteiger partial charge in [0.05, 0.1) is 11.4 Å². The van der Waals surface area contributed by atoms with Crippen molar-refractivity contribution < 1.29 is 0 Å². The van der Waals surface area contributed by atoms with E-state index in [1.807, 2.05) is 30.3 Å². The number of hydrogen-bond donors (Lipinski definition) is 1. The molecule has 0 amide bonds. The minimum Gasteiger partial charge on any atom is -0.378 e. The van der Waals surface area contributed by atoms with Gasteiger partial charge in [-0.2, -0.15) is 5.10 Å². The molecule has 2 aromatic heterocycles. The average molecular weight is 284 g/mol. The highest BCUT2D eigenvalue weighted by atomic mass is 15.4. The van der Waals surface area contributed by atoms with Gasteiger partial charge < -0.3 is 10.6 Å². The highest BCUT2D eigenvalue weighted by molar-refractivity contribution is 5.80. The Balaban J connectivity index is 2.21. The van der Waals surface area contributed by atoms with E-state index in [9.17, 15) is 0 Å². The van der Waals surface area contributed by atoms with E-state index >= 15 is 0 Å². The number of hydrogen-bond acceptors (Lipinski definition) is 4. The highest BCUT2D eigenvalue weighted by Crippen LogP contribution is 2.26. The lowest BCUT2D eigenvalue weighted by molar-refractivity contribution is 0.663. The quantitative estimate of drug-likeness (QED) is 0.800. The zero-order chi connectivity index (χ0) is 15.1. The standard InChI is InChI=1S/C15H20N6/c1-5-20-14-13(10(2)18-20)17-15(16)21(14)12-8-6-11(7-9-12)19(3)4/h6-9H,5H2,1-4H3,(H2,16,17). The molecule has 6 nitrogen and oxygen atoms in total. The van der Waals surface area contributed by atoms with Crippen LogP contribution < -0.4 is 10.6 Å². The van der Waals surface area contributed by atoms with Crippen molar-refractivity contribution in [2.24, 2.45) is 0 Å². The summed E-state index contributed by atoms with van der Waals surface area (Å²) in [6.07, 6.45) is 0. The van der Waals surface area contributed by atoms with Gasteiger partial charge in [0.1, 0.15) is 5.52 Å². The van der Waals surface area contributed by atoms with Gasteiger partial charge in [-0.3, -0.25) is 4.57 Å². The number of rotatable bonds is 3. The fraction of sp³-hybridized carbons (Fsp3) is 0.333. The number of anilines is 2. The molecule has 1 aromatic carbocycles. The Morgan fingerprint density at radius 1 is 1.19 bits per heavy atom. The molecule has 2 N–H and O–H groups in total. The van der Waals surface area contributed by atoms with E-state index in [1.54, 1.807) is 0 Å². The van der Waals surface area contributed by atoms with Crippen molar-refractivity contribution in [2.75, 3.05) is 24.7 Å². The molecule has 0 radical (unpaired) electrons. The Kier molecular flexibility index (Phi) is 3.08. The lowest BCUT2D eigenvalue weighted by atomic mass is 10.2. The number of imidazole rings is 1. The van der Waals surface area contributed by atoms with E-state index in [0.717, 1.165) is 34.8 Å². The summed E-state index contributed by atoms with van der Waals surface area (Å²) in [4.78, 5) is 6.53. The fourth-order valence-electron chi connectivity index (χ4n) is 2.56. The van der Waals surface area contributed by atoms with E-state index in [2.05, 4.69) is 46.2 Å². The van der Waals surface area contributed by atoms with Crippen LogP contribution >= 0.6 is 0 Å². The molecule has 0 aliphatic carbocycles. The zero-order valence-corrected chi connectivity index (χ0v) is 12.8. The molecule has 6 heteroatoms. The number of benzene rings is 1. The summed E-state index contributed by atoms with van der Waals surface area (Å²) in [5, 5.41) is 4.51. The summed E-state index contributed by atoms with van der Waals surface area (Å²) in [6, 6.07) is 8.24. The topological polar surface area (TPSA) is 64.9 Å². The number of aromatic nitrogens is 4. The first-order valence-electron chi connectivity index (χ1n) is 7.02. The van der Waals surface area contributed by atoms with Gasteiger partial charge in [0.15, 0.2) is 5.65 Å². The minimum absolute atomic E-state index is 0.491. The SMILES string of the molecule is CCn1nc(C)c2nc(N)n(-c3ccc(N(C)C)cc3)c21. The predicted octanol–water partition coefficient (Wildman–Crippen LogP) is 2.20. The van der Waals surface area contributed by atoms with E-state index < -0.39 is 0 Å². The van der Waals surface area contributed by atoms with E-state index in [-0.39, 0.29) is 0 Å². The van der Waals surface area contributed by atoms with Crippen LogP contribution in [0.15, 0.2) is 24.3 Å². The van der Waals surface area contributed by atoms with Crippen molar-refractivity contribution in [1.29, 1.82) is 0 Å². The maximum Gasteiger partial charge on any atom is 0.207 e. The molecule has 0 atom stereocenters. The summed E-state index contributed by atoms with van der Waals surface area (Å²) < 4.78 is 3.89. The Bertz CT molecular complexity index is 779. The van der Waals surface area contributed by atoms with Crippen LogP contribution in [0.3, 0.4) is 0 Å². The normalized spacial score (nSPS) is 11.2. The second kappa shape index (κ2) is 4.80. The molecule has 0 fully saturated rings. The zero-order valence-electron chi connectivity index (χ0n) is 12.8. The maximum atomic E-state index is 6.12. The summed E-state index contributed by atoms with van der Waals surface area (Å²) in [5.74, 6) is 0.491. The molecule has 2 heterocycles. The monoisotopic (exact) mass is 284 g/mol. The van der Waals surface area contributed by atoms with Crippen LogP contribution in [0.2, 0.25) is 0 Å². The van der Waals surface area contributed by atoms with Gasteiger partial charge in [-0.25, -0.2) is 9.67 Å². The van der Waals surface area contributed by atoms with Crippen molar-refractivity contribution in [3.63, 3.8) is 0 Å². The molecular weight excluding hydrogens is 264 g/mol. The third-order valence-electron chi connectivity index (χ3n) is 3.66. The third-order valence-corrected chi connectivity index (χ3v) is 3.66. The molecule has 0 unspecified atom stereocenters. The summed E-state index contributed by atoms with van der Waals surface area (Å²) in [7, 11) is 4.04. The van der Waals surface area contributed by atoms with E-state index in [1.165, 1.54) is 0 Å². The maximum absolute atomic E-state index is 6.12. The molecule has 0 bridgehead atoms. The molecule has 0 aliphatic heterocycles. The van der Waals surface area contributed by atoms with Crippen LogP contribution in [-0.2, 0) is 6.54 Å². The lowest BCUT2D eigenvalue weighted by Gasteiger charge is -2.14. The molecular formula is C15H20N6. The van der Waals surface area contributed by atoms with Crippen molar-refractivity contribution in [2.45, 2.75) is 20.4 Å². The Morgan fingerprint density at radius 3 is 2.43 bits per heavy atom. The molecule has 3 rings (SSSR count). The third kappa shape index (κ3) is 2.03. The van der Waals surface area contributed by atoms with Gasteiger partial charge in [0.25, 0.3) is 0 Å². The summed E-state index contributed by atoms with van der Waals surface area (Å²) >= 11 is 0. The first-order valence-corrected chi connectivity index (χ1v) is 7.02. The van der Waals surface area contributed by atoms with Gasteiger partial charge in [-0.05, 0) is 38.1 Å². The van der Waals surface area contributed by atoms with Crippen LogP contribution in [-0.4, -0.2) is 33.4 Å². The second-order valence-electron chi connectivity index (χ2n) is 5.29. The van der Waals surface area contributed by atoms with Crippen LogP contribution in [0.25, 0.3) is 16.9 Å². The van der Waals surface area contributed by atoms with Crippen molar-refractivity contribution >= 4 is 22.8 Å². The van der Waals surface area contributed by atoms with Gasteiger partial charge in [0, 0.05) is 26.3 Å². The van der Waals surface area contributed by atoms with Gasteiger partial charge >= 0.3 is 0 Å². The molecule has 0 spiro atoms. The first kappa shape index (κ1) is 13.5. The van der Waals surface area contributed by atoms with Gasteiger partial charge in [0.2, 0.25) is 5.95 Å². The number of nitrogens with zero attached hydrogens (tertiary/aromatic N) is 5. The molecule has 110 valence electrons. The number of nitrogens with two attached hydrogens (primary N) is 1. The van der Waals surface area contributed by atoms with Crippen molar-refractivity contribution in [1.82, 2.24) is 19.3 Å². The number of aryl methyl sites for hydroxylation is 2. The predicted molar refractivity (Wildman–Crippen MR) is 86.0 cm³/mol. The summed E-state index contributed by atoms with van der Waals surface area (Å²) in [6.45, 7) is 4.81. The van der Waals surface area contributed by atoms with Crippen molar-refractivity contribution in [3.05, 3.63) is 30.0 Å². The van der Waals surface area contributed by atoms with Gasteiger partial charge in [-0.15, -0.1) is 0 Å². The molecule has 0 aliphatic rings. The molecule has 0 saturated heterocycles. The average Bonchev–Trinajstić information content (AvgIpc) is 2.96. The Hall–Kier alpha value is -2.50. The minimum atomic E-state index is 0.491. The van der Waals surface area contributed by atoms with Crippen molar-refractivity contribution in [3.8, 4) is 5.69 Å². The first-order chi connectivity index (χ1) is 10.0. The van der Waals surface area contributed by atoms with Gasteiger partial charge in [-0.1, -0.05) is 0 Å². The van der Waals surface area contributed by atoms with E-state index in [4.69, 9.17) is 5.73 Å². The largest absolute Gasteiger partial charge is 0.378 e. The second-order valence-corrected chi connectivity index (χ2v) is 5.29. The lowest BCUT2D eigenvalue weighted by Crippen LogP contribution is -2.09. The van der Waals surface area contributed by atoms with E-state index in [0.29, 0.717) is 5.95 Å². The number of nitrogen functional groups attached to an aromatic ring is 1. The van der Waals surface area contributed by atoms with Crippen LogP contribution in [0.1, 0.15) is 12.6 Å². The van der Waals surface area contributed by atoms with Crippen LogP contribution in [0, 0.1) is 6.92 Å². The Morgan fingerprint density at radius 2 is 1.86 bits per heavy atom. The Labute approximate surface area is 123 Å². The molecule has 0 saturated carbocycles. The van der Waals surface area contributed by atoms with Crippen LogP contribution in [0.4, 0.5) is 11.6 Å². The molecule has 21 heavy (non-hydrogen) atoms. The van der Waals surface area contributed by atoms with Crippen LogP contribution in [0.5, 0.6) is 0 Å². The summed E-state index contributed by atoms with van der Waals surface area (Å²) in [5.41, 5.74) is 11.0. The fourth-order valence-corrected chi connectivity index (χ4v) is 2.56.